The number of carbonyl (C=O) groups excluding carboxylic acids is 2. The first-order chi connectivity index (χ1) is 14.1. The van der Waals surface area contributed by atoms with E-state index in [4.69, 9.17) is 4.74 Å². The van der Waals surface area contributed by atoms with Gasteiger partial charge in [0.25, 0.3) is 11.8 Å². The molecule has 0 saturated carbocycles. The van der Waals surface area contributed by atoms with Gasteiger partial charge in [-0.05, 0) is 49.4 Å². The number of amides is 2. The van der Waals surface area contributed by atoms with Crippen molar-refractivity contribution >= 4 is 23.7 Å². The van der Waals surface area contributed by atoms with Crippen LogP contribution in [0.4, 0.5) is 5.69 Å². The normalized spacial score (nSPS) is 10.6. The third kappa shape index (κ3) is 5.29. The van der Waals surface area contributed by atoms with Gasteiger partial charge in [0.05, 0.1) is 13.3 Å². The van der Waals surface area contributed by atoms with Crippen LogP contribution in [0.15, 0.2) is 77.9 Å². The van der Waals surface area contributed by atoms with E-state index in [1.54, 1.807) is 43.5 Å². The average Bonchev–Trinajstić information content (AvgIpc) is 2.74. The lowest BCUT2D eigenvalue weighted by atomic mass is 10.1. The molecule has 0 heterocycles. The first-order valence-electron chi connectivity index (χ1n) is 9.01. The van der Waals surface area contributed by atoms with Crippen LogP contribution in [0.25, 0.3) is 0 Å². The number of ether oxygens (including phenoxy) is 1. The monoisotopic (exact) mass is 387 g/mol. The van der Waals surface area contributed by atoms with Crippen LogP contribution in [0.3, 0.4) is 0 Å². The van der Waals surface area contributed by atoms with E-state index in [0.29, 0.717) is 22.6 Å². The number of nitrogens with zero attached hydrogens (tertiary/aromatic N) is 1. The number of nitrogens with one attached hydrogen (secondary N) is 2. The highest BCUT2D eigenvalue weighted by molar-refractivity contribution is 6.05. The molecule has 0 atom stereocenters. The van der Waals surface area contributed by atoms with Gasteiger partial charge >= 0.3 is 0 Å². The molecule has 2 N–H and O–H groups in total. The molecule has 0 aliphatic carbocycles. The minimum Gasteiger partial charge on any atom is -0.496 e. The Balaban J connectivity index is 1.65. The van der Waals surface area contributed by atoms with Crippen molar-refractivity contribution in [2.45, 2.75) is 6.92 Å². The molecule has 0 fully saturated rings. The topological polar surface area (TPSA) is 79.8 Å². The van der Waals surface area contributed by atoms with E-state index >= 15 is 0 Å². The van der Waals surface area contributed by atoms with Crippen molar-refractivity contribution in [1.82, 2.24) is 5.43 Å². The summed E-state index contributed by atoms with van der Waals surface area (Å²) >= 11 is 0. The van der Waals surface area contributed by atoms with Gasteiger partial charge in [-0.2, -0.15) is 5.10 Å². The molecule has 0 saturated heterocycles. The summed E-state index contributed by atoms with van der Waals surface area (Å²) in [6.07, 6.45) is 1.51. The molecular weight excluding hydrogens is 366 g/mol. The van der Waals surface area contributed by atoms with Crippen molar-refractivity contribution in [3.05, 3.63) is 95.1 Å². The van der Waals surface area contributed by atoms with E-state index in [2.05, 4.69) is 15.8 Å². The first kappa shape index (κ1) is 19.8. The number of rotatable bonds is 6. The minimum atomic E-state index is -0.386. The Morgan fingerprint density at radius 3 is 2.41 bits per heavy atom. The molecule has 0 radical (unpaired) electrons. The fourth-order valence-corrected chi connectivity index (χ4v) is 2.64. The quantitative estimate of drug-likeness (QED) is 0.495. The van der Waals surface area contributed by atoms with Crippen LogP contribution in [0.2, 0.25) is 0 Å². The molecular formula is C23H21N3O3. The third-order valence-electron chi connectivity index (χ3n) is 4.21. The number of anilines is 1. The average molecular weight is 387 g/mol. The molecule has 0 bridgehead atoms. The van der Waals surface area contributed by atoms with Crippen molar-refractivity contribution < 1.29 is 14.3 Å². The van der Waals surface area contributed by atoms with Crippen molar-refractivity contribution in [3.63, 3.8) is 0 Å². The van der Waals surface area contributed by atoms with E-state index in [0.717, 1.165) is 11.1 Å². The first-order valence-corrected chi connectivity index (χ1v) is 9.01. The summed E-state index contributed by atoms with van der Waals surface area (Å²) in [5.74, 6) is 0.0330. The summed E-state index contributed by atoms with van der Waals surface area (Å²) < 4.78 is 5.24. The number of methoxy groups -OCH3 is 1. The number of carbonyl (C=O) groups is 2. The van der Waals surface area contributed by atoms with Crippen LogP contribution in [0.1, 0.15) is 31.8 Å². The summed E-state index contributed by atoms with van der Waals surface area (Å²) in [6.45, 7) is 1.96. The molecule has 3 aromatic carbocycles. The molecule has 146 valence electrons. The fraction of sp³-hybridized carbons (Fsp3) is 0.0870. The van der Waals surface area contributed by atoms with Gasteiger partial charge in [-0.25, -0.2) is 5.43 Å². The van der Waals surface area contributed by atoms with Gasteiger partial charge in [0.2, 0.25) is 0 Å². The van der Waals surface area contributed by atoms with E-state index in [9.17, 15) is 9.59 Å². The highest BCUT2D eigenvalue weighted by atomic mass is 16.5. The highest BCUT2D eigenvalue weighted by Gasteiger charge is 2.09. The standard InChI is InChI=1S/C23H21N3O3/c1-16-10-12-17(13-11-16)22(27)25-20-8-5-7-18(14-20)23(28)26-24-15-19-6-3-4-9-21(19)29-2/h3-15H,1-2H3,(H,25,27)(H,26,28). The number of aryl methyl sites for hydroxylation is 1. The van der Waals surface area contributed by atoms with E-state index < -0.39 is 0 Å². The smallest absolute Gasteiger partial charge is 0.271 e. The molecule has 0 aromatic heterocycles. The number of hydrazone groups is 1. The molecule has 6 heteroatoms. The van der Waals surface area contributed by atoms with Gasteiger partial charge in [0.1, 0.15) is 5.75 Å². The van der Waals surface area contributed by atoms with Gasteiger partial charge in [-0.1, -0.05) is 35.9 Å². The Morgan fingerprint density at radius 1 is 0.897 bits per heavy atom. The summed E-state index contributed by atoms with van der Waals surface area (Å²) in [5.41, 5.74) is 5.75. The number of hydrogen-bond acceptors (Lipinski definition) is 4. The fourth-order valence-electron chi connectivity index (χ4n) is 2.64. The highest BCUT2D eigenvalue weighted by Crippen LogP contribution is 2.15. The molecule has 6 nitrogen and oxygen atoms in total. The maximum absolute atomic E-state index is 12.4. The Bertz CT molecular complexity index is 1040. The molecule has 2 amide bonds. The van der Waals surface area contributed by atoms with Gasteiger partial charge in [0.15, 0.2) is 0 Å². The molecule has 0 unspecified atom stereocenters. The Kier molecular flexibility index (Phi) is 6.37. The molecule has 29 heavy (non-hydrogen) atoms. The Morgan fingerprint density at radius 2 is 1.66 bits per heavy atom. The number of hydrogen-bond donors (Lipinski definition) is 2. The summed E-state index contributed by atoms with van der Waals surface area (Å²) in [4.78, 5) is 24.7. The van der Waals surface area contributed by atoms with Crippen LogP contribution in [0, 0.1) is 6.92 Å². The largest absolute Gasteiger partial charge is 0.496 e. The molecule has 0 aliphatic rings. The van der Waals surface area contributed by atoms with Gasteiger partial charge < -0.3 is 10.1 Å². The zero-order chi connectivity index (χ0) is 20.6. The summed E-state index contributed by atoms with van der Waals surface area (Å²) in [7, 11) is 1.57. The van der Waals surface area contributed by atoms with Crippen LogP contribution in [0.5, 0.6) is 5.75 Å². The number of benzene rings is 3. The lowest BCUT2D eigenvalue weighted by Gasteiger charge is -2.07. The lowest BCUT2D eigenvalue weighted by molar-refractivity contribution is 0.0953. The lowest BCUT2D eigenvalue weighted by Crippen LogP contribution is -2.18. The van der Waals surface area contributed by atoms with Crippen LogP contribution < -0.4 is 15.5 Å². The van der Waals surface area contributed by atoms with E-state index in [-0.39, 0.29) is 11.8 Å². The SMILES string of the molecule is COc1ccccc1C=NNC(=O)c1cccc(NC(=O)c2ccc(C)cc2)c1. The second-order valence-corrected chi connectivity index (χ2v) is 6.34. The molecule has 0 aliphatic heterocycles. The molecule has 3 aromatic rings. The van der Waals surface area contributed by atoms with Gasteiger partial charge in [-0.15, -0.1) is 0 Å². The number of para-hydroxylation sites is 1. The second kappa shape index (κ2) is 9.32. The second-order valence-electron chi connectivity index (χ2n) is 6.34. The van der Waals surface area contributed by atoms with Gasteiger partial charge in [-0.3, -0.25) is 9.59 Å². The van der Waals surface area contributed by atoms with Crippen LogP contribution >= 0.6 is 0 Å². The zero-order valence-corrected chi connectivity index (χ0v) is 16.2. The third-order valence-corrected chi connectivity index (χ3v) is 4.21. The minimum absolute atomic E-state index is 0.239. The Labute approximate surface area is 169 Å². The van der Waals surface area contributed by atoms with Gasteiger partial charge in [0, 0.05) is 22.4 Å². The van der Waals surface area contributed by atoms with Crippen molar-refractivity contribution in [1.29, 1.82) is 0 Å². The maximum atomic E-state index is 12.4. The van der Waals surface area contributed by atoms with Crippen molar-refractivity contribution in [2.75, 3.05) is 12.4 Å². The summed E-state index contributed by atoms with van der Waals surface area (Å²) in [5, 5.41) is 6.78. The van der Waals surface area contributed by atoms with Crippen LogP contribution in [-0.4, -0.2) is 25.1 Å². The predicted molar refractivity (Wildman–Crippen MR) is 114 cm³/mol. The Hall–Kier alpha value is -3.93. The predicted octanol–water partition coefficient (Wildman–Crippen LogP) is 4.02. The van der Waals surface area contributed by atoms with Crippen LogP contribution in [-0.2, 0) is 0 Å². The van der Waals surface area contributed by atoms with Crippen molar-refractivity contribution in [2.24, 2.45) is 5.10 Å². The van der Waals surface area contributed by atoms with Crippen molar-refractivity contribution in [3.8, 4) is 5.75 Å². The molecule has 3 rings (SSSR count). The summed E-state index contributed by atoms with van der Waals surface area (Å²) in [6, 6.07) is 21.3. The zero-order valence-electron chi connectivity index (χ0n) is 16.2. The van der Waals surface area contributed by atoms with E-state index in [1.807, 2.05) is 43.3 Å². The van der Waals surface area contributed by atoms with E-state index in [1.165, 1.54) is 6.21 Å². The molecule has 0 spiro atoms. The maximum Gasteiger partial charge on any atom is 0.271 e.